The lowest BCUT2D eigenvalue weighted by Crippen LogP contribution is -2.48. The first-order valence-electron chi connectivity index (χ1n) is 12.7. The fourth-order valence-electron chi connectivity index (χ4n) is 4.69. The summed E-state index contributed by atoms with van der Waals surface area (Å²) in [5.74, 6) is -0.721. The Morgan fingerprint density at radius 3 is 2.50 bits per heavy atom. The van der Waals surface area contributed by atoms with Gasteiger partial charge in [0.05, 0.1) is 11.4 Å². The molecular weight excluding hydrogens is 509 g/mol. The van der Waals surface area contributed by atoms with Crippen molar-refractivity contribution in [2.45, 2.75) is 19.6 Å². The highest BCUT2D eigenvalue weighted by atomic mass is 19.1. The number of anilines is 2. The lowest BCUT2D eigenvalue weighted by molar-refractivity contribution is -0.120. The summed E-state index contributed by atoms with van der Waals surface area (Å²) in [6, 6.07) is 27.2. The first kappa shape index (κ1) is 25.0. The van der Waals surface area contributed by atoms with Crippen molar-refractivity contribution < 1.29 is 18.4 Å². The molecule has 2 N–H and O–H groups in total. The molecule has 0 radical (unpaired) electrons. The van der Waals surface area contributed by atoms with Gasteiger partial charge in [0.2, 0.25) is 12.1 Å². The molecule has 198 valence electrons. The largest absolute Gasteiger partial charge is 0.439 e. The fraction of sp³-hybridized carbons (Fsp3) is 0.0968. The zero-order valence-corrected chi connectivity index (χ0v) is 21.5. The van der Waals surface area contributed by atoms with Gasteiger partial charge in [-0.1, -0.05) is 54.6 Å². The minimum Gasteiger partial charge on any atom is -0.439 e. The molecule has 0 aliphatic carbocycles. The minimum atomic E-state index is -1.36. The smallest absolute Gasteiger partial charge is 0.321 e. The maximum Gasteiger partial charge on any atom is 0.321 e. The van der Waals surface area contributed by atoms with Crippen LogP contribution in [-0.2, 0) is 11.3 Å². The van der Waals surface area contributed by atoms with Crippen molar-refractivity contribution >= 4 is 40.1 Å². The van der Waals surface area contributed by atoms with Crippen molar-refractivity contribution in [3.8, 4) is 0 Å². The van der Waals surface area contributed by atoms with Crippen LogP contribution in [0.25, 0.3) is 11.1 Å². The molecule has 40 heavy (non-hydrogen) atoms. The molecular formula is C31H24FN5O3. The van der Waals surface area contributed by atoms with Crippen LogP contribution in [0.15, 0.2) is 106 Å². The van der Waals surface area contributed by atoms with Gasteiger partial charge >= 0.3 is 6.03 Å². The zero-order chi connectivity index (χ0) is 27.6. The van der Waals surface area contributed by atoms with Gasteiger partial charge in [-0.25, -0.2) is 19.2 Å². The summed E-state index contributed by atoms with van der Waals surface area (Å²) in [5.41, 5.74) is 4.22. The summed E-state index contributed by atoms with van der Waals surface area (Å²) in [6.07, 6.45) is -1.36. The van der Waals surface area contributed by atoms with Crippen LogP contribution in [0.2, 0.25) is 0 Å². The van der Waals surface area contributed by atoms with Crippen LogP contribution in [0.1, 0.15) is 22.6 Å². The second-order valence-electron chi connectivity index (χ2n) is 9.34. The molecule has 0 bridgehead atoms. The van der Waals surface area contributed by atoms with Crippen LogP contribution in [0.5, 0.6) is 0 Å². The predicted molar refractivity (Wildman–Crippen MR) is 151 cm³/mol. The van der Waals surface area contributed by atoms with Gasteiger partial charge in [-0.3, -0.25) is 9.69 Å². The van der Waals surface area contributed by atoms with E-state index in [2.05, 4.69) is 20.6 Å². The summed E-state index contributed by atoms with van der Waals surface area (Å²) < 4.78 is 21.0. The number of benzene rings is 4. The molecule has 1 aliphatic heterocycles. The van der Waals surface area contributed by atoms with Crippen molar-refractivity contribution in [1.29, 1.82) is 0 Å². The average molecular weight is 534 g/mol. The number of rotatable bonds is 5. The number of urea groups is 1. The summed E-state index contributed by atoms with van der Waals surface area (Å²) in [6.45, 7) is 1.88. The second-order valence-corrected chi connectivity index (χ2v) is 9.34. The number of halogens is 1. The Balaban J connectivity index is 1.42. The van der Waals surface area contributed by atoms with Gasteiger partial charge in [0.25, 0.3) is 5.91 Å². The lowest BCUT2D eigenvalue weighted by atomic mass is 9.99. The van der Waals surface area contributed by atoms with E-state index in [-0.39, 0.29) is 17.8 Å². The van der Waals surface area contributed by atoms with Crippen LogP contribution in [0.4, 0.5) is 20.6 Å². The summed E-state index contributed by atoms with van der Waals surface area (Å²) >= 11 is 0. The number of nitrogens with zero attached hydrogens (tertiary/aromatic N) is 3. The molecule has 5 aromatic rings. The molecule has 2 heterocycles. The number of aryl methyl sites for hydroxylation is 1. The van der Waals surface area contributed by atoms with Gasteiger partial charge in [-0.05, 0) is 55.0 Å². The Kier molecular flexibility index (Phi) is 6.53. The molecule has 4 aromatic carbocycles. The van der Waals surface area contributed by atoms with Gasteiger partial charge < -0.3 is 15.1 Å². The highest BCUT2D eigenvalue weighted by Gasteiger charge is 2.34. The molecule has 1 aliphatic rings. The maximum atomic E-state index is 15.1. The number of fused-ring (bicyclic) bond motifs is 2. The van der Waals surface area contributed by atoms with Gasteiger partial charge in [0.1, 0.15) is 17.9 Å². The van der Waals surface area contributed by atoms with E-state index in [4.69, 9.17) is 4.42 Å². The Labute approximate surface area is 229 Å². The molecule has 0 spiro atoms. The van der Waals surface area contributed by atoms with E-state index in [1.54, 1.807) is 60.7 Å². The van der Waals surface area contributed by atoms with E-state index in [9.17, 15) is 9.59 Å². The van der Waals surface area contributed by atoms with Gasteiger partial charge in [0.15, 0.2) is 5.58 Å². The van der Waals surface area contributed by atoms with E-state index >= 15 is 4.39 Å². The number of aromatic nitrogens is 1. The second kappa shape index (κ2) is 10.5. The number of aliphatic imine (C=N–C) groups is 1. The fourth-order valence-corrected chi connectivity index (χ4v) is 4.69. The Hall–Kier alpha value is -5.31. The monoisotopic (exact) mass is 533 g/mol. The molecule has 1 aromatic heterocycles. The third kappa shape index (κ3) is 4.92. The van der Waals surface area contributed by atoms with Gasteiger partial charge in [-0.2, -0.15) is 0 Å². The lowest BCUT2D eigenvalue weighted by Gasteiger charge is -2.24. The van der Waals surface area contributed by atoms with Crippen LogP contribution < -0.4 is 15.5 Å². The third-order valence-corrected chi connectivity index (χ3v) is 6.51. The van der Waals surface area contributed by atoms with Gasteiger partial charge in [0, 0.05) is 16.8 Å². The highest BCUT2D eigenvalue weighted by molar-refractivity contribution is 6.20. The number of nitrogens with one attached hydrogen (secondary N) is 2. The Bertz CT molecular complexity index is 1750. The molecule has 8 nitrogen and oxygen atoms in total. The summed E-state index contributed by atoms with van der Waals surface area (Å²) in [4.78, 5) is 37.7. The van der Waals surface area contributed by atoms with E-state index in [0.717, 1.165) is 5.56 Å². The molecule has 0 unspecified atom stereocenters. The Morgan fingerprint density at radius 2 is 1.70 bits per heavy atom. The number of benzodiazepines with no additional fused rings is 1. The molecule has 9 heteroatoms. The molecule has 0 fully saturated rings. The third-order valence-electron chi connectivity index (χ3n) is 6.51. The van der Waals surface area contributed by atoms with E-state index in [1.165, 1.54) is 11.0 Å². The highest BCUT2D eigenvalue weighted by Crippen LogP contribution is 2.31. The quantitative estimate of drug-likeness (QED) is 0.298. The standard InChI is InChI=1S/C31H24FN5O3/c1-19-9-8-10-20(17-19)33-31(39)36-29-30(38)37(18-27-34-24-14-5-7-16-26(24)40-27)25-15-6-3-12-22(25)28(35-29)21-11-2-4-13-23(21)32/h2-17,29H,18H2,1H3,(H2,33,36,39)/t29-/m0/s1. The number of carbonyl (C=O) groups is 2. The van der Waals surface area contributed by atoms with E-state index in [0.29, 0.717) is 33.9 Å². The van der Waals surface area contributed by atoms with Crippen LogP contribution in [-0.4, -0.2) is 28.8 Å². The Morgan fingerprint density at radius 1 is 0.950 bits per heavy atom. The van der Waals surface area contributed by atoms with Crippen molar-refractivity contribution in [2.75, 3.05) is 10.2 Å². The number of carbonyl (C=O) groups excluding carboxylic acids is 2. The van der Waals surface area contributed by atoms with Crippen molar-refractivity contribution in [3.63, 3.8) is 0 Å². The first-order valence-corrected chi connectivity index (χ1v) is 12.7. The molecule has 0 saturated carbocycles. The zero-order valence-electron chi connectivity index (χ0n) is 21.5. The SMILES string of the molecule is Cc1cccc(NC(=O)N[C@@H]2N=C(c3ccccc3F)c3ccccc3N(Cc3nc4ccccc4o3)C2=O)c1. The number of para-hydroxylation sites is 3. The van der Waals surface area contributed by atoms with Crippen LogP contribution >= 0.6 is 0 Å². The minimum absolute atomic E-state index is 0.0255. The van der Waals surface area contributed by atoms with E-state index < -0.39 is 23.9 Å². The van der Waals surface area contributed by atoms with E-state index in [1.807, 2.05) is 37.3 Å². The predicted octanol–water partition coefficient (Wildman–Crippen LogP) is 5.81. The summed E-state index contributed by atoms with van der Waals surface area (Å²) in [7, 11) is 0. The van der Waals surface area contributed by atoms with Crippen LogP contribution in [0, 0.1) is 12.7 Å². The summed E-state index contributed by atoms with van der Waals surface area (Å²) in [5, 5.41) is 5.42. The van der Waals surface area contributed by atoms with Crippen molar-refractivity contribution in [2.24, 2.45) is 4.99 Å². The molecule has 6 rings (SSSR count). The van der Waals surface area contributed by atoms with Crippen molar-refractivity contribution in [3.05, 3.63) is 125 Å². The van der Waals surface area contributed by atoms with Crippen LogP contribution in [0.3, 0.4) is 0 Å². The first-order chi connectivity index (χ1) is 19.5. The normalized spacial score (nSPS) is 14.8. The number of amides is 3. The number of oxazole rings is 1. The topological polar surface area (TPSA) is 99.8 Å². The average Bonchev–Trinajstić information content (AvgIpc) is 3.33. The molecule has 3 amide bonds. The number of hydrogen-bond donors (Lipinski definition) is 2. The number of hydrogen-bond acceptors (Lipinski definition) is 5. The molecule has 0 saturated heterocycles. The molecule has 1 atom stereocenters. The van der Waals surface area contributed by atoms with Crippen molar-refractivity contribution in [1.82, 2.24) is 10.3 Å². The maximum absolute atomic E-state index is 15.1. The van der Waals surface area contributed by atoms with Gasteiger partial charge in [-0.15, -0.1) is 0 Å².